The molecule has 0 unspecified atom stereocenters. The lowest BCUT2D eigenvalue weighted by Crippen LogP contribution is -2.54. The van der Waals surface area contributed by atoms with Crippen LogP contribution in [0.3, 0.4) is 0 Å². The Kier molecular flexibility index (Phi) is 5.60. The molecule has 25 heavy (non-hydrogen) atoms. The number of imide groups is 1. The lowest BCUT2D eigenvalue weighted by Gasteiger charge is -2.36. The molecule has 2 atom stereocenters. The van der Waals surface area contributed by atoms with Gasteiger partial charge in [-0.15, -0.1) is 0 Å². The van der Waals surface area contributed by atoms with Crippen LogP contribution >= 0.6 is 0 Å². The van der Waals surface area contributed by atoms with Gasteiger partial charge >= 0.3 is 12.0 Å². The van der Waals surface area contributed by atoms with Gasteiger partial charge in [0.05, 0.1) is 0 Å². The van der Waals surface area contributed by atoms with Gasteiger partial charge in [0.25, 0.3) is 11.8 Å². The van der Waals surface area contributed by atoms with Crippen LogP contribution in [0.25, 0.3) is 0 Å². The molecule has 0 aromatic heterocycles. The van der Waals surface area contributed by atoms with Crippen LogP contribution in [-0.2, 0) is 23.9 Å². The van der Waals surface area contributed by atoms with Crippen LogP contribution in [0.5, 0.6) is 0 Å². The van der Waals surface area contributed by atoms with E-state index in [0.29, 0.717) is 6.42 Å². The van der Waals surface area contributed by atoms with Crippen molar-refractivity contribution in [2.75, 3.05) is 13.2 Å². The van der Waals surface area contributed by atoms with Crippen LogP contribution < -0.4 is 16.2 Å². The second-order valence-electron chi connectivity index (χ2n) is 6.33. The van der Waals surface area contributed by atoms with Gasteiger partial charge in [-0.3, -0.25) is 34.9 Å². The second kappa shape index (κ2) is 7.49. The smallest absolute Gasteiger partial charge is 0.326 e. The van der Waals surface area contributed by atoms with E-state index >= 15 is 0 Å². The van der Waals surface area contributed by atoms with Crippen molar-refractivity contribution in [1.82, 2.24) is 21.1 Å². The molecule has 2 fully saturated rings. The quantitative estimate of drug-likeness (QED) is 0.344. The Hall–Kier alpha value is -2.65. The molecule has 1 saturated heterocycles. The number of urea groups is 1. The summed E-state index contributed by atoms with van der Waals surface area (Å²) in [5.41, 5.74) is 3.12. The third-order valence-electron chi connectivity index (χ3n) is 4.53. The first kappa shape index (κ1) is 18.7. The molecule has 0 radical (unpaired) electrons. The second-order valence-corrected chi connectivity index (χ2v) is 6.33. The summed E-state index contributed by atoms with van der Waals surface area (Å²) in [4.78, 5) is 59.4. The van der Waals surface area contributed by atoms with Crippen molar-refractivity contribution in [3.05, 3.63) is 0 Å². The van der Waals surface area contributed by atoms with E-state index < -0.39 is 48.4 Å². The summed E-state index contributed by atoms with van der Waals surface area (Å²) in [6.45, 7) is 1.91. The monoisotopic (exact) mass is 354 g/mol. The molecule has 10 heteroatoms. The van der Waals surface area contributed by atoms with E-state index in [1.807, 2.05) is 17.8 Å². The van der Waals surface area contributed by atoms with Crippen molar-refractivity contribution in [3.8, 4) is 0 Å². The fraction of sp³-hybridized carbons (Fsp3) is 0.667. The number of amides is 5. The van der Waals surface area contributed by atoms with Crippen molar-refractivity contribution < 1.29 is 28.7 Å². The van der Waals surface area contributed by atoms with Gasteiger partial charge in [0.2, 0.25) is 5.91 Å². The van der Waals surface area contributed by atoms with Crippen LogP contribution in [0, 0.1) is 5.92 Å². The maximum absolute atomic E-state index is 12.7. The van der Waals surface area contributed by atoms with Crippen molar-refractivity contribution in [2.24, 2.45) is 5.92 Å². The Labute approximate surface area is 144 Å². The minimum atomic E-state index is -0.946. The van der Waals surface area contributed by atoms with Crippen molar-refractivity contribution in [1.29, 1.82) is 0 Å². The van der Waals surface area contributed by atoms with Gasteiger partial charge in [-0.2, -0.15) is 0 Å². The molecule has 5 amide bonds. The summed E-state index contributed by atoms with van der Waals surface area (Å²) in [7, 11) is 0. The highest BCUT2D eigenvalue weighted by molar-refractivity contribution is 6.09. The average Bonchev–Trinajstić information content (AvgIpc) is 2.79. The van der Waals surface area contributed by atoms with E-state index in [0.717, 1.165) is 24.2 Å². The molecule has 0 bridgehead atoms. The van der Waals surface area contributed by atoms with E-state index in [2.05, 4.69) is 5.32 Å². The Morgan fingerprint density at radius 2 is 2.00 bits per heavy atom. The number of carbonyl (C=O) groups excluding carboxylic acids is 5. The van der Waals surface area contributed by atoms with Crippen molar-refractivity contribution in [3.63, 3.8) is 0 Å². The normalized spacial score (nSPS) is 25.5. The maximum Gasteiger partial charge on any atom is 0.326 e. The molecule has 3 N–H and O–H groups in total. The Morgan fingerprint density at radius 1 is 1.28 bits per heavy atom. The molecule has 2 rings (SSSR count). The van der Waals surface area contributed by atoms with E-state index in [-0.39, 0.29) is 5.92 Å². The molecule has 1 aliphatic heterocycles. The summed E-state index contributed by atoms with van der Waals surface area (Å²) in [5.74, 6) is -2.54. The molecule has 0 aromatic carbocycles. The molecule has 1 spiro atoms. The predicted octanol–water partition coefficient (Wildman–Crippen LogP) is -0.802. The zero-order valence-electron chi connectivity index (χ0n) is 14.2. The first-order valence-corrected chi connectivity index (χ1v) is 8.11. The van der Waals surface area contributed by atoms with E-state index in [1.54, 1.807) is 0 Å². The number of nitrogens with zero attached hydrogens (tertiary/aromatic N) is 1. The third-order valence-corrected chi connectivity index (χ3v) is 4.53. The first-order valence-electron chi connectivity index (χ1n) is 8.11. The summed E-state index contributed by atoms with van der Waals surface area (Å²) < 4.78 is 4.72. The zero-order chi connectivity index (χ0) is 18.6. The van der Waals surface area contributed by atoms with Crippen LogP contribution in [-0.4, -0.2) is 53.3 Å². The van der Waals surface area contributed by atoms with Gasteiger partial charge in [0, 0.05) is 6.92 Å². The van der Waals surface area contributed by atoms with Crippen molar-refractivity contribution >= 4 is 29.7 Å². The van der Waals surface area contributed by atoms with E-state index in [9.17, 15) is 24.0 Å². The third kappa shape index (κ3) is 4.06. The lowest BCUT2D eigenvalue weighted by atomic mass is 9.73. The number of esters is 1. The number of rotatable bonds is 4. The summed E-state index contributed by atoms with van der Waals surface area (Å²) in [5, 5.41) is 2.72. The summed E-state index contributed by atoms with van der Waals surface area (Å²) in [6.07, 6.45) is 3.20. The number of hydrogen-bond acceptors (Lipinski definition) is 6. The maximum atomic E-state index is 12.7. The number of hydrogen-bond donors (Lipinski definition) is 3. The van der Waals surface area contributed by atoms with Crippen LogP contribution in [0.2, 0.25) is 0 Å². The lowest BCUT2D eigenvalue weighted by molar-refractivity contribution is -0.151. The number of carbonyl (C=O) groups is 5. The summed E-state index contributed by atoms with van der Waals surface area (Å²) in [6, 6.07) is -0.626. The Balaban J connectivity index is 1.88. The highest BCUT2D eigenvalue weighted by atomic mass is 16.5. The number of ether oxygens (including phenoxy) is 1. The van der Waals surface area contributed by atoms with Crippen molar-refractivity contribution in [2.45, 2.75) is 45.1 Å². The highest BCUT2D eigenvalue weighted by Crippen LogP contribution is 2.38. The molecule has 10 nitrogen and oxygen atoms in total. The van der Waals surface area contributed by atoms with Gasteiger partial charge in [0.1, 0.15) is 12.1 Å². The minimum absolute atomic E-state index is 0.0119. The standard InChI is InChI=1S/C15H22N4O6/c1-9-5-3-4-6-15(9)13(23)19(14(24)16-15)7-12(22)25-8-11(21)18-17-10(2)20/h9H,3-8H2,1-2H3,(H,16,24)(H,17,20)(H,18,21)/t9-,15-/m1/s1. The molecule has 138 valence electrons. The van der Waals surface area contributed by atoms with Gasteiger partial charge in [-0.1, -0.05) is 19.8 Å². The zero-order valence-corrected chi connectivity index (χ0v) is 14.2. The molecular formula is C15H22N4O6. The van der Waals surface area contributed by atoms with Crippen LogP contribution in [0.4, 0.5) is 4.79 Å². The molecule has 1 saturated carbocycles. The Bertz CT molecular complexity index is 607. The van der Waals surface area contributed by atoms with E-state index in [4.69, 9.17) is 4.74 Å². The largest absolute Gasteiger partial charge is 0.454 e. The summed E-state index contributed by atoms with van der Waals surface area (Å²) >= 11 is 0. The number of hydrazine groups is 1. The van der Waals surface area contributed by atoms with Crippen LogP contribution in [0.15, 0.2) is 0 Å². The fourth-order valence-corrected chi connectivity index (χ4v) is 3.15. The van der Waals surface area contributed by atoms with E-state index in [1.165, 1.54) is 6.92 Å². The van der Waals surface area contributed by atoms with Gasteiger partial charge < -0.3 is 10.1 Å². The van der Waals surface area contributed by atoms with Gasteiger partial charge in [0.15, 0.2) is 6.61 Å². The molecule has 1 aliphatic carbocycles. The average molecular weight is 354 g/mol. The SMILES string of the molecule is CC(=O)NNC(=O)COC(=O)CN1C(=O)N[C@@]2(CCCC[C@H]2C)C1=O. The Morgan fingerprint density at radius 3 is 2.64 bits per heavy atom. The van der Waals surface area contributed by atoms with Gasteiger partial charge in [-0.05, 0) is 18.8 Å². The molecular weight excluding hydrogens is 332 g/mol. The molecule has 0 aromatic rings. The molecule has 1 heterocycles. The molecule has 2 aliphatic rings. The minimum Gasteiger partial charge on any atom is -0.454 e. The number of nitrogens with one attached hydrogen (secondary N) is 3. The topological polar surface area (TPSA) is 134 Å². The van der Waals surface area contributed by atoms with Gasteiger partial charge in [-0.25, -0.2) is 4.79 Å². The highest BCUT2D eigenvalue weighted by Gasteiger charge is 2.55. The predicted molar refractivity (Wildman–Crippen MR) is 83.5 cm³/mol. The van der Waals surface area contributed by atoms with Crippen LogP contribution in [0.1, 0.15) is 39.5 Å². The fourth-order valence-electron chi connectivity index (χ4n) is 3.15. The first-order chi connectivity index (χ1) is 11.8.